The highest BCUT2D eigenvalue weighted by atomic mass is 32.1. The second-order valence-electron chi connectivity index (χ2n) is 4.28. The fraction of sp³-hybridized carbons (Fsp3) is 0.143. The lowest BCUT2D eigenvalue weighted by atomic mass is 10.0. The van der Waals surface area contributed by atoms with Gasteiger partial charge in [-0.3, -0.25) is 0 Å². The third kappa shape index (κ3) is 2.13. The van der Waals surface area contributed by atoms with Gasteiger partial charge in [0, 0.05) is 19.8 Å². The van der Waals surface area contributed by atoms with Crippen LogP contribution in [-0.4, -0.2) is 7.05 Å². The average molecular weight is 313 g/mol. The van der Waals surface area contributed by atoms with Crippen LogP contribution in [-0.2, 0) is 0 Å². The van der Waals surface area contributed by atoms with E-state index in [1.54, 1.807) is 18.4 Å². The molecule has 0 aliphatic heterocycles. The molecule has 0 aliphatic rings. The summed E-state index contributed by atoms with van der Waals surface area (Å²) in [6.07, 6.45) is 0. The van der Waals surface area contributed by atoms with E-state index >= 15 is 0 Å². The van der Waals surface area contributed by atoms with Crippen LogP contribution in [0.3, 0.4) is 0 Å². The Kier molecular flexibility index (Phi) is 3.54. The number of halogens is 3. The van der Waals surface area contributed by atoms with Crippen molar-refractivity contribution in [2.45, 2.75) is 6.04 Å². The predicted molar refractivity (Wildman–Crippen MR) is 76.9 cm³/mol. The van der Waals surface area contributed by atoms with Crippen LogP contribution >= 0.6 is 22.7 Å². The van der Waals surface area contributed by atoms with Gasteiger partial charge in [0.2, 0.25) is 0 Å². The first kappa shape index (κ1) is 13.6. The minimum absolute atomic E-state index is 0.111. The number of benzene rings is 1. The summed E-state index contributed by atoms with van der Waals surface area (Å²) in [5, 5.41) is 4.94. The highest BCUT2D eigenvalue weighted by Crippen LogP contribution is 2.36. The number of hydrogen-bond donors (Lipinski definition) is 1. The molecule has 1 unspecified atom stereocenters. The molecule has 0 spiro atoms. The Labute approximate surface area is 121 Å². The van der Waals surface area contributed by atoms with E-state index in [9.17, 15) is 13.2 Å². The van der Waals surface area contributed by atoms with Crippen molar-refractivity contribution in [2.24, 2.45) is 0 Å². The van der Waals surface area contributed by atoms with E-state index in [-0.39, 0.29) is 5.56 Å². The first-order chi connectivity index (χ1) is 9.61. The van der Waals surface area contributed by atoms with Gasteiger partial charge >= 0.3 is 0 Å². The van der Waals surface area contributed by atoms with E-state index in [0.717, 1.165) is 20.3 Å². The lowest BCUT2D eigenvalue weighted by molar-refractivity contribution is 0.435. The van der Waals surface area contributed by atoms with Gasteiger partial charge in [0.05, 0.1) is 6.04 Å². The van der Waals surface area contributed by atoms with Crippen molar-refractivity contribution in [1.82, 2.24) is 5.32 Å². The van der Waals surface area contributed by atoms with Crippen molar-refractivity contribution < 1.29 is 13.2 Å². The minimum Gasteiger partial charge on any atom is -0.309 e. The number of nitrogens with one attached hydrogen (secondary N) is 1. The maximum atomic E-state index is 13.9. The highest BCUT2D eigenvalue weighted by Gasteiger charge is 2.22. The lowest BCUT2D eigenvalue weighted by Gasteiger charge is -2.16. The molecule has 1 N–H and O–H groups in total. The zero-order valence-electron chi connectivity index (χ0n) is 10.4. The van der Waals surface area contributed by atoms with E-state index in [4.69, 9.17) is 0 Å². The van der Waals surface area contributed by atoms with Crippen molar-refractivity contribution in [2.75, 3.05) is 7.05 Å². The van der Waals surface area contributed by atoms with Crippen LogP contribution in [0.25, 0.3) is 9.40 Å². The van der Waals surface area contributed by atoms with Crippen LogP contribution in [0.5, 0.6) is 0 Å². The van der Waals surface area contributed by atoms with Crippen LogP contribution in [0.2, 0.25) is 0 Å². The van der Waals surface area contributed by atoms with Crippen LogP contribution < -0.4 is 5.32 Å². The fourth-order valence-corrected chi connectivity index (χ4v) is 4.39. The fourth-order valence-electron chi connectivity index (χ4n) is 2.14. The molecule has 0 saturated heterocycles. The molecule has 0 amide bonds. The second kappa shape index (κ2) is 5.20. The third-order valence-corrected chi connectivity index (χ3v) is 5.27. The van der Waals surface area contributed by atoms with Crippen molar-refractivity contribution >= 4 is 32.1 Å². The largest absolute Gasteiger partial charge is 0.309 e. The molecule has 0 radical (unpaired) electrons. The predicted octanol–water partition coefficient (Wildman–Crippen LogP) is 4.69. The summed E-state index contributed by atoms with van der Waals surface area (Å²) in [5.41, 5.74) is 0.111. The van der Waals surface area contributed by atoms with Crippen LogP contribution in [0, 0.1) is 17.5 Å². The number of fused-ring (bicyclic) bond motifs is 1. The second-order valence-corrected chi connectivity index (χ2v) is 6.35. The molecule has 1 aromatic carbocycles. The molecule has 0 bridgehead atoms. The van der Waals surface area contributed by atoms with E-state index in [1.807, 2.05) is 17.5 Å². The van der Waals surface area contributed by atoms with E-state index in [2.05, 4.69) is 5.32 Å². The zero-order valence-corrected chi connectivity index (χ0v) is 12.0. The van der Waals surface area contributed by atoms with Crippen LogP contribution in [0.15, 0.2) is 29.6 Å². The number of rotatable bonds is 3. The minimum atomic E-state index is -1.43. The van der Waals surface area contributed by atoms with Crippen molar-refractivity contribution in [3.8, 4) is 0 Å². The molecule has 0 saturated carbocycles. The van der Waals surface area contributed by atoms with Gasteiger partial charge in [-0.25, -0.2) is 13.2 Å². The summed E-state index contributed by atoms with van der Waals surface area (Å²) < 4.78 is 42.5. The third-order valence-electron chi connectivity index (χ3n) is 3.11. The summed E-state index contributed by atoms with van der Waals surface area (Å²) in [4.78, 5) is 0.874. The summed E-state index contributed by atoms with van der Waals surface area (Å²) >= 11 is 3.11. The maximum absolute atomic E-state index is 13.9. The Morgan fingerprint density at radius 1 is 1.05 bits per heavy atom. The van der Waals surface area contributed by atoms with Gasteiger partial charge < -0.3 is 5.32 Å². The lowest BCUT2D eigenvalue weighted by Crippen LogP contribution is -2.18. The van der Waals surface area contributed by atoms with Gasteiger partial charge in [-0.05, 0) is 30.6 Å². The summed E-state index contributed by atoms with van der Waals surface area (Å²) in [6.45, 7) is 0. The molecule has 6 heteroatoms. The monoisotopic (exact) mass is 313 g/mol. The van der Waals surface area contributed by atoms with Gasteiger partial charge in [-0.1, -0.05) is 6.07 Å². The summed E-state index contributed by atoms with van der Waals surface area (Å²) in [5.74, 6) is -3.74. The summed E-state index contributed by atoms with van der Waals surface area (Å²) in [7, 11) is 1.67. The topological polar surface area (TPSA) is 12.0 Å². The molecule has 2 heterocycles. The first-order valence-corrected chi connectivity index (χ1v) is 7.59. The zero-order chi connectivity index (χ0) is 14.3. The molecule has 20 heavy (non-hydrogen) atoms. The van der Waals surface area contributed by atoms with Gasteiger partial charge in [0.15, 0.2) is 17.5 Å². The van der Waals surface area contributed by atoms with Crippen molar-refractivity contribution in [1.29, 1.82) is 0 Å². The molecular formula is C14H10F3NS2. The molecule has 3 aromatic rings. The van der Waals surface area contributed by atoms with Crippen LogP contribution in [0.4, 0.5) is 13.2 Å². The Bertz CT molecular complexity index is 734. The Hall–Kier alpha value is -1.37. The smallest absolute Gasteiger partial charge is 0.194 e. The SMILES string of the molecule is CNC(c1cc2sccc2s1)c1ccc(F)c(F)c1F. The van der Waals surface area contributed by atoms with E-state index in [1.165, 1.54) is 17.4 Å². The van der Waals surface area contributed by atoms with Gasteiger partial charge in [-0.15, -0.1) is 22.7 Å². The molecule has 2 aromatic heterocycles. The van der Waals surface area contributed by atoms with Gasteiger partial charge in [0.25, 0.3) is 0 Å². The molecule has 0 aliphatic carbocycles. The Balaban J connectivity index is 2.10. The van der Waals surface area contributed by atoms with Crippen molar-refractivity contribution in [3.63, 3.8) is 0 Å². The molecular weight excluding hydrogens is 303 g/mol. The average Bonchev–Trinajstić information content (AvgIpc) is 3.00. The maximum Gasteiger partial charge on any atom is 0.194 e. The van der Waals surface area contributed by atoms with Gasteiger partial charge in [0.1, 0.15) is 0 Å². The standard InChI is InChI=1S/C14H10F3NS2/c1-18-14(7-2-3-8(15)13(17)12(7)16)11-6-10-9(20-11)4-5-19-10/h2-6,14,18H,1H3. The molecule has 104 valence electrons. The van der Waals surface area contributed by atoms with Crippen molar-refractivity contribution in [3.05, 3.63) is 57.5 Å². The number of hydrogen-bond acceptors (Lipinski definition) is 3. The Morgan fingerprint density at radius 3 is 2.55 bits per heavy atom. The van der Waals surface area contributed by atoms with Crippen LogP contribution in [0.1, 0.15) is 16.5 Å². The van der Waals surface area contributed by atoms with E-state index in [0.29, 0.717) is 0 Å². The summed E-state index contributed by atoms with van der Waals surface area (Å²) in [6, 6.07) is 5.68. The van der Waals surface area contributed by atoms with Gasteiger partial charge in [-0.2, -0.15) is 0 Å². The van der Waals surface area contributed by atoms with E-state index < -0.39 is 23.5 Å². The Morgan fingerprint density at radius 2 is 1.85 bits per heavy atom. The highest BCUT2D eigenvalue weighted by molar-refractivity contribution is 7.27. The molecule has 1 nitrogen and oxygen atoms in total. The molecule has 1 atom stereocenters. The molecule has 3 rings (SSSR count). The molecule has 0 fully saturated rings. The number of thiophene rings is 2. The quantitative estimate of drug-likeness (QED) is 0.692. The normalized spacial score (nSPS) is 13.0. The first-order valence-electron chi connectivity index (χ1n) is 5.89.